The summed E-state index contributed by atoms with van der Waals surface area (Å²) in [5.41, 5.74) is 2.48. The fourth-order valence-electron chi connectivity index (χ4n) is 2.37. The van der Waals surface area contributed by atoms with Crippen molar-refractivity contribution >= 4 is 23.6 Å². The van der Waals surface area contributed by atoms with Crippen molar-refractivity contribution in [3.8, 4) is 0 Å². The lowest BCUT2D eigenvalue weighted by atomic mass is 10.1. The SMILES string of the molecule is Cc1noc(C)c1CSc1ccccc1C(=O)NCC(C)CC(=O)O. The number of thioether (sulfide) groups is 1. The van der Waals surface area contributed by atoms with Crippen LogP contribution in [0.2, 0.25) is 0 Å². The first kappa shape index (κ1) is 19.1. The topological polar surface area (TPSA) is 92.4 Å². The smallest absolute Gasteiger partial charge is 0.303 e. The molecule has 2 N–H and O–H groups in total. The number of carbonyl (C=O) groups excluding carboxylic acids is 1. The summed E-state index contributed by atoms with van der Waals surface area (Å²) < 4.78 is 5.17. The van der Waals surface area contributed by atoms with Crippen LogP contribution in [0.5, 0.6) is 0 Å². The first-order valence-corrected chi connectivity index (χ1v) is 9.00. The van der Waals surface area contributed by atoms with Crippen molar-refractivity contribution in [3.05, 3.63) is 46.8 Å². The highest BCUT2D eigenvalue weighted by molar-refractivity contribution is 7.98. The van der Waals surface area contributed by atoms with E-state index < -0.39 is 5.97 Å². The number of hydrogen-bond donors (Lipinski definition) is 2. The first-order valence-electron chi connectivity index (χ1n) is 8.02. The van der Waals surface area contributed by atoms with Crippen LogP contribution in [0.1, 0.15) is 40.7 Å². The van der Waals surface area contributed by atoms with Gasteiger partial charge in [0.2, 0.25) is 0 Å². The van der Waals surface area contributed by atoms with Gasteiger partial charge in [-0.25, -0.2) is 0 Å². The molecule has 0 aliphatic heterocycles. The largest absolute Gasteiger partial charge is 0.481 e. The highest BCUT2D eigenvalue weighted by Crippen LogP contribution is 2.28. The average Bonchev–Trinajstić information content (AvgIpc) is 2.89. The number of amides is 1. The molecule has 0 aliphatic carbocycles. The summed E-state index contributed by atoms with van der Waals surface area (Å²) in [6, 6.07) is 7.38. The number of aryl methyl sites for hydroxylation is 2. The van der Waals surface area contributed by atoms with Crippen LogP contribution in [-0.4, -0.2) is 28.7 Å². The summed E-state index contributed by atoms with van der Waals surface area (Å²) in [6.07, 6.45) is 0.0305. The van der Waals surface area contributed by atoms with Gasteiger partial charge in [-0.2, -0.15) is 0 Å². The molecule has 25 heavy (non-hydrogen) atoms. The molecule has 0 spiro atoms. The minimum atomic E-state index is -0.864. The Bertz CT molecular complexity index is 738. The van der Waals surface area contributed by atoms with Crippen molar-refractivity contribution in [2.75, 3.05) is 6.54 Å². The number of nitrogens with zero attached hydrogens (tertiary/aromatic N) is 1. The van der Waals surface area contributed by atoms with Gasteiger partial charge in [-0.05, 0) is 31.9 Å². The number of hydrogen-bond acceptors (Lipinski definition) is 5. The number of aliphatic carboxylic acids is 1. The van der Waals surface area contributed by atoms with E-state index in [0.717, 1.165) is 21.9 Å². The van der Waals surface area contributed by atoms with Crippen LogP contribution in [0, 0.1) is 19.8 Å². The van der Waals surface area contributed by atoms with Gasteiger partial charge in [-0.1, -0.05) is 24.2 Å². The summed E-state index contributed by atoms with van der Waals surface area (Å²) >= 11 is 1.55. The molecule has 134 valence electrons. The zero-order chi connectivity index (χ0) is 18.4. The van der Waals surface area contributed by atoms with Crippen LogP contribution in [-0.2, 0) is 10.5 Å². The Hall–Kier alpha value is -2.28. The van der Waals surface area contributed by atoms with Gasteiger partial charge in [-0.15, -0.1) is 11.8 Å². The van der Waals surface area contributed by atoms with Gasteiger partial charge in [0, 0.05) is 29.2 Å². The Morgan fingerprint density at radius 1 is 1.32 bits per heavy atom. The van der Waals surface area contributed by atoms with Gasteiger partial charge in [0.25, 0.3) is 5.91 Å². The van der Waals surface area contributed by atoms with Crippen LogP contribution < -0.4 is 5.32 Å². The molecule has 1 heterocycles. The van der Waals surface area contributed by atoms with Gasteiger partial charge in [-0.3, -0.25) is 9.59 Å². The second kappa shape index (κ2) is 8.71. The number of aromatic nitrogens is 1. The van der Waals surface area contributed by atoms with Crippen LogP contribution in [0.3, 0.4) is 0 Å². The lowest BCUT2D eigenvalue weighted by Gasteiger charge is -2.12. The number of benzene rings is 1. The zero-order valence-electron chi connectivity index (χ0n) is 14.5. The van der Waals surface area contributed by atoms with Crippen LogP contribution in [0.15, 0.2) is 33.7 Å². The maximum Gasteiger partial charge on any atom is 0.303 e. The molecule has 1 aromatic heterocycles. The van der Waals surface area contributed by atoms with Gasteiger partial charge in [0.1, 0.15) is 5.76 Å². The molecule has 0 saturated carbocycles. The van der Waals surface area contributed by atoms with Crippen LogP contribution in [0.4, 0.5) is 0 Å². The summed E-state index contributed by atoms with van der Waals surface area (Å²) in [4.78, 5) is 24.0. The molecular formula is C18H22N2O4S. The lowest BCUT2D eigenvalue weighted by molar-refractivity contribution is -0.137. The molecule has 1 atom stereocenters. The molecule has 0 radical (unpaired) electrons. The van der Waals surface area contributed by atoms with E-state index in [9.17, 15) is 9.59 Å². The molecule has 0 saturated heterocycles. The van der Waals surface area contributed by atoms with E-state index in [2.05, 4.69) is 10.5 Å². The predicted octanol–water partition coefficient (Wildman–Crippen LogP) is 3.42. The Kier molecular flexibility index (Phi) is 6.64. The molecule has 7 heteroatoms. The summed E-state index contributed by atoms with van der Waals surface area (Å²) in [6.45, 7) is 5.90. The van der Waals surface area contributed by atoms with Gasteiger partial charge in [0.15, 0.2) is 0 Å². The maximum absolute atomic E-state index is 12.4. The third-order valence-corrected chi connectivity index (χ3v) is 4.92. The van der Waals surface area contributed by atoms with E-state index in [-0.39, 0.29) is 18.2 Å². The first-order chi connectivity index (χ1) is 11.9. The quantitative estimate of drug-likeness (QED) is 0.699. The normalized spacial score (nSPS) is 12.0. The minimum absolute atomic E-state index is 0.0305. The predicted molar refractivity (Wildman–Crippen MR) is 95.7 cm³/mol. The maximum atomic E-state index is 12.4. The molecule has 1 unspecified atom stereocenters. The average molecular weight is 362 g/mol. The molecule has 0 fully saturated rings. The van der Waals surface area contributed by atoms with Crippen molar-refractivity contribution < 1.29 is 19.2 Å². The number of carboxylic acids is 1. The van der Waals surface area contributed by atoms with Crippen molar-refractivity contribution in [2.45, 2.75) is 37.8 Å². The van der Waals surface area contributed by atoms with E-state index in [0.29, 0.717) is 17.9 Å². The monoisotopic (exact) mass is 362 g/mol. The fraction of sp³-hybridized carbons (Fsp3) is 0.389. The molecule has 1 aromatic carbocycles. The van der Waals surface area contributed by atoms with E-state index in [4.69, 9.17) is 9.63 Å². The summed E-state index contributed by atoms with van der Waals surface area (Å²) in [5.74, 6) is 0.273. The fourth-order valence-corrected chi connectivity index (χ4v) is 3.57. The molecule has 2 aromatic rings. The Morgan fingerprint density at radius 3 is 2.68 bits per heavy atom. The minimum Gasteiger partial charge on any atom is -0.481 e. The number of carbonyl (C=O) groups is 2. The van der Waals surface area contributed by atoms with Crippen molar-refractivity contribution in [3.63, 3.8) is 0 Å². The Morgan fingerprint density at radius 2 is 2.04 bits per heavy atom. The molecule has 0 bridgehead atoms. The van der Waals surface area contributed by atoms with E-state index in [1.165, 1.54) is 0 Å². The third kappa shape index (κ3) is 5.35. The molecule has 2 rings (SSSR count). The zero-order valence-corrected chi connectivity index (χ0v) is 15.4. The number of carboxylic acid groups (broad SMARTS) is 1. The second-order valence-corrected chi connectivity index (χ2v) is 7.02. The highest BCUT2D eigenvalue weighted by atomic mass is 32.2. The van der Waals surface area contributed by atoms with E-state index in [1.54, 1.807) is 24.8 Å². The summed E-state index contributed by atoms with van der Waals surface area (Å²) in [5, 5.41) is 15.5. The molecule has 1 amide bonds. The molecular weight excluding hydrogens is 340 g/mol. The number of rotatable bonds is 8. The van der Waals surface area contributed by atoms with Gasteiger partial charge < -0.3 is 14.9 Å². The summed E-state index contributed by atoms with van der Waals surface area (Å²) in [7, 11) is 0. The van der Waals surface area contributed by atoms with E-state index in [1.807, 2.05) is 32.0 Å². The van der Waals surface area contributed by atoms with Crippen molar-refractivity contribution in [2.24, 2.45) is 5.92 Å². The van der Waals surface area contributed by atoms with Gasteiger partial charge in [0.05, 0.1) is 11.3 Å². The van der Waals surface area contributed by atoms with Gasteiger partial charge >= 0.3 is 5.97 Å². The number of nitrogens with one attached hydrogen (secondary N) is 1. The lowest BCUT2D eigenvalue weighted by Crippen LogP contribution is -2.29. The second-order valence-electron chi connectivity index (χ2n) is 6.00. The highest BCUT2D eigenvalue weighted by Gasteiger charge is 2.15. The Labute approximate surface area is 151 Å². The molecule has 6 nitrogen and oxygen atoms in total. The third-order valence-electron chi connectivity index (χ3n) is 3.82. The standard InChI is InChI=1S/C18H22N2O4S/c1-11(8-17(21)22)9-19-18(23)14-6-4-5-7-16(14)25-10-15-12(2)20-24-13(15)3/h4-7,11H,8-10H2,1-3H3,(H,19,23)(H,21,22). The Balaban J connectivity index is 2.02. The van der Waals surface area contributed by atoms with Crippen molar-refractivity contribution in [1.29, 1.82) is 0 Å². The van der Waals surface area contributed by atoms with Crippen LogP contribution >= 0.6 is 11.8 Å². The van der Waals surface area contributed by atoms with E-state index >= 15 is 0 Å². The van der Waals surface area contributed by atoms with Crippen LogP contribution in [0.25, 0.3) is 0 Å². The molecule has 0 aliphatic rings. The van der Waals surface area contributed by atoms with Crippen molar-refractivity contribution in [1.82, 2.24) is 10.5 Å².